The number of amides is 3. The van der Waals surface area contributed by atoms with Crippen molar-refractivity contribution in [2.24, 2.45) is 11.7 Å². The van der Waals surface area contributed by atoms with Crippen molar-refractivity contribution in [2.45, 2.75) is 39.3 Å². The van der Waals surface area contributed by atoms with Gasteiger partial charge in [-0.3, -0.25) is 14.4 Å². The molecule has 7 nitrogen and oxygen atoms in total. The van der Waals surface area contributed by atoms with Crippen LogP contribution in [-0.2, 0) is 20.9 Å². The van der Waals surface area contributed by atoms with Crippen molar-refractivity contribution >= 4 is 35.8 Å². The smallest absolute Gasteiger partial charge is 0.239 e. The van der Waals surface area contributed by atoms with E-state index in [0.717, 1.165) is 24.2 Å². The first-order chi connectivity index (χ1) is 11.9. The van der Waals surface area contributed by atoms with Gasteiger partial charge in [-0.25, -0.2) is 0 Å². The van der Waals surface area contributed by atoms with Gasteiger partial charge in [0, 0.05) is 25.2 Å². The fraction of sp³-hybridized carbons (Fsp3) is 0.500. The van der Waals surface area contributed by atoms with E-state index in [2.05, 4.69) is 10.6 Å². The van der Waals surface area contributed by atoms with E-state index in [1.165, 1.54) is 0 Å². The molecule has 144 valence electrons. The molecular formula is C18H27ClN4O3. The Morgan fingerprint density at radius 2 is 1.85 bits per heavy atom. The number of halogens is 1. The van der Waals surface area contributed by atoms with E-state index in [0.29, 0.717) is 13.0 Å². The fourth-order valence-corrected chi connectivity index (χ4v) is 2.57. The summed E-state index contributed by atoms with van der Waals surface area (Å²) >= 11 is 0. The third-order valence-corrected chi connectivity index (χ3v) is 4.26. The third-order valence-electron chi connectivity index (χ3n) is 4.26. The number of hydrogen-bond acceptors (Lipinski definition) is 4. The van der Waals surface area contributed by atoms with Crippen LogP contribution >= 0.6 is 12.4 Å². The molecule has 1 aliphatic heterocycles. The van der Waals surface area contributed by atoms with Crippen LogP contribution in [0, 0.1) is 5.92 Å². The summed E-state index contributed by atoms with van der Waals surface area (Å²) in [4.78, 5) is 37.0. The minimum absolute atomic E-state index is 0. The zero-order valence-corrected chi connectivity index (χ0v) is 16.0. The topological polar surface area (TPSA) is 105 Å². The van der Waals surface area contributed by atoms with Crippen LogP contribution in [0.5, 0.6) is 0 Å². The average molecular weight is 383 g/mol. The predicted molar refractivity (Wildman–Crippen MR) is 103 cm³/mol. The van der Waals surface area contributed by atoms with Crippen molar-refractivity contribution in [2.75, 3.05) is 18.0 Å². The zero-order chi connectivity index (χ0) is 18.4. The maximum absolute atomic E-state index is 11.8. The minimum atomic E-state index is -0.617. The standard InChI is InChI=1S/C18H26N4O3.ClH/c1-12(2)17(19)18(25)21-11-15(23)20-10-13-5-7-14(8-6-13)22-9-3-4-16(22)24;/h5-8,12,17H,3-4,9-11,19H2,1-2H3,(H,20,23)(H,21,25);1H/t17-;/m0./s1. The number of carbonyl (C=O) groups is 3. The van der Waals surface area contributed by atoms with E-state index in [1.807, 2.05) is 38.1 Å². The Bertz CT molecular complexity index is 634. The average Bonchev–Trinajstić information content (AvgIpc) is 3.03. The molecule has 1 atom stereocenters. The Morgan fingerprint density at radius 3 is 2.38 bits per heavy atom. The number of hydrogen-bond donors (Lipinski definition) is 3. The van der Waals surface area contributed by atoms with Crippen LogP contribution in [0.15, 0.2) is 24.3 Å². The van der Waals surface area contributed by atoms with E-state index in [4.69, 9.17) is 5.73 Å². The lowest BCUT2D eigenvalue weighted by Crippen LogP contribution is -2.47. The van der Waals surface area contributed by atoms with Gasteiger partial charge in [0.15, 0.2) is 0 Å². The molecule has 0 aromatic heterocycles. The summed E-state index contributed by atoms with van der Waals surface area (Å²) < 4.78 is 0. The van der Waals surface area contributed by atoms with Crippen molar-refractivity contribution in [3.05, 3.63) is 29.8 Å². The first kappa shape index (κ1) is 21.9. The number of nitrogens with two attached hydrogens (primary N) is 1. The Kier molecular flexibility index (Phi) is 8.54. The molecular weight excluding hydrogens is 356 g/mol. The lowest BCUT2D eigenvalue weighted by atomic mass is 10.1. The first-order valence-corrected chi connectivity index (χ1v) is 8.57. The number of nitrogens with one attached hydrogen (secondary N) is 2. The van der Waals surface area contributed by atoms with E-state index in [9.17, 15) is 14.4 Å². The summed E-state index contributed by atoms with van der Waals surface area (Å²) in [5, 5.41) is 5.28. The highest BCUT2D eigenvalue weighted by Gasteiger charge is 2.21. The van der Waals surface area contributed by atoms with E-state index in [1.54, 1.807) is 4.90 Å². The summed E-state index contributed by atoms with van der Waals surface area (Å²) in [6.45, 7) is 4.72. The van der Waals surface area contributed by atoms with Gasteiger partial charge in [0.1, 0.15) is 0 Å². The normalized spacial score (nSPS) is 14.8. The molecule has 1 aromatic carbocycles. The van der Waals surface area contributed by atoms with Gasteiger partial charge in [-0.2, -0.15) is 0 Å². The molecule has 1 heterocycles. The van der Waals surface area contributed by atoms with Gasteiger partial charge in [-0.05, 0) is 30.0 Å². The highest BCUT2D eigenvalue weighted by molar-refractivity contribution is 5.95. The third kappa shape index (κ3) is 6.00. The van der Waals surface area contributed by atoms with Crippen LogP contribution in [0.1, 0.15) is 32.3 Å². The van der Waals surface area contributed by atoms with Crippen molar-refractivity contribution in [1.82, 2.24) is 10.6 Å². The monoisotopic (exact) mass is 382 g/mol. The number of carbonyl (C=O) groups excluding carboxylic acids is 3. The summed E-state index contributed by atoms with van der Waals surface area (Å²) in [7, 11) is 0. The molecule has 0 radical (unpaired) electrons. The molecule has 0 aliphatic carbocycles. The van der Waals surface area contributed by atoms with E-state index < -0.39 is 6.04 Å². The Labute approximate surface area is 160 Å². The van der Waals surface area contributed by atoms with E-state index in [-0.39, 0.29) is 42.6 Å². The molecule has 1 aromatic rings. The summed E-state index contributed by atoms with van der Waals surface area (Å²) in [6.07, 6.45) is 1.49. The number of nitrogens with zero attached hydrogens (tertiary/aromatic N) is 1. The maximum Gasteiger partial charge on any atom is 0.239 e. The second kappa shape index (κ2) is 10.1. The lowest BCUT2D eigenvalue weighted by molar-refractivity contribution is -0.127. The largest absolute Gasteiger partial charge is 0.350 e. The van der Waals surface area contributed by atoms with Gasteiger partial charge in [0.05, 0.1) is 12.6 Å². The zero-order valence-electron chi connectivity index (χ0n) is 15.2. The minimum Gasteiger partial charge on any atom is -0.350 e. The number of benzene rings is 1. The molecule has 3 amide bonds. The molecule has 1 aliphatic rings. The first-order valence-electron chi connectivity index (χ1n) is 8.57. The van der Waals surface area contributed by atoms with Crippen LogP contribution in [0.3, 0.4) is 0 Å². The Hall–Kier alpha value is -2.12. The quantitative estimate of drug-likeness (QED) is 0.653. The van der Waals surface area contributed by atoms with Gasteiger partial charge in [-0.15, -0.1) is 12.4 Å². The fourth-order valence-electron chi connectivity index (χ4n) is 2.57. The summed E-state index contributed by atoms with van der Waals surface area (Å²) in [5.74, 6) is -0.437. The van der Waals surface area contributed by atoms with Crippen LogP contribution < -0.4 is 21.3 Å². The predicted octanol–water partition coefficient (Wildman–Crippen LogP) is 0.951. The molecule has 2 rings (SSSR count). The SMILES string of the molecule is CC(C)[C@H](N)C(=O)NCC(=O)NCc1ccc(N2CCCC2=O)cc1.Cl. The van der Waals surface area contributed by atoms with E-state index >= 15 is 0 Å². The van der Waals surface area contributed by atoms with Gasteiger partial charge in [0.2, 0.25) is 17.7 Å². The number of anilines is 1. The van der Waals surface area contributed by atoms with Crippen LogP contribution in [0.4, 0.5) is 5.69 Å². The van der Waals surface area contributed by atoms with Crippen molar-refractivity contribution in [3.63, 3.8) is 0 Å². The molecule has 4 N–H and O–H groups in total. The van der Waals surface area contributed by atoms with Crippen LogP contribution in [-0.4, -0.2) is 36.9 Å². The molecule has 1 fully saturated rings. The van der Waals surface area contributed by atoms with Crippen molar-refractivity contribution < 1.29 is 14.4 Å². The molecule has 0 bridgehead atoms. The molecule has 26 heavy (non-hydrogen) atoms. The Balaban J connectivity index is 0.00000338. The van der Waals surface area contributed by atoms with Gasteiger partial charge in [0.25, 0.3) is 0 Å². The Morgan fingerprint density at radius 1 is 1.19 bits per heavy atom. The van der Waals surface area contributed by atoms with Crippen molar-refractivity contribution in [3.8, 4) is 0 Å². The highest BCUT2D eigenvalue weighted by atomic mass is 35.5. The lowest BCUT2D eigenvalue weighted by Gasteiger charge is -2.16. The number of rotatable bonds is 7. The van der Waals surface area contributed by atoms with Crippen LogP contribution in [0.25, 0.3) is 0 Å². The highest BCUT2D eigenvalue weighted by Crippen LogP contribution is 2.21. The van der Waals surface area contributed by atoms with Gasteiger partial charge < -0.3 is 21.3 Å². The van der Waals surface area contributed by atoms with Crippen molar-refractivity contribution in [1.29, 1.82) is 0 Å². The molecule has 1 saturated heterocycles. The molecule has 0 unspecified atom stereocenters. The maximum atomic E-state index is 11.8. The summed E-state index contributed by atoms with van der Waals surface area (Å²) in [6, 6.07) is 6.92. The van der Waals surface area contributed by atoms with Gasteiger partial charge in [-0.1, -0.05) is 26.0 Å². The second-order valence-electron chi connectivity index (χ2n) is 6.58. The molecule has 0 saturated carbocycles. The second-order valence-corrected chi connectivity index (χ2v) is 6.58. The summed E-state index contributed by atoms with van der Waals surface area (Å²) in [5.41, 5.74) is 7.52. The molecule has 8 heteroatoms. The van der Waals surface area contributed by atoms with Crippen LogP contribution in [0.2, 0.25) is 0 Å². The molecule has 0 spiro atoms. The van der Waals surface area contributed by atoms with Gasteiger partial charge >= 0.3 is 0 Å².